The van der Waals surface area contributed by atoms with Crippen LogP contribution in [0.2, 0.25) is 0 Å². The van der Waals surface area contributed by atoms with Gasteiger partial charge >= 0.3 is 0 Å². The molecule has 2 aromatic rings. The average molecular weight is 304 g/mol. The number of aromatic nitrogens is 2. The Balaban J connectivity index is 1.85. The van der Waals surface area contributed by atoms with E-state index in [1.807, 2.05) is 24.3 Å². The summed E-state index contributed by atoms with van der Waals surface area (Å²) in [7, 11) is 1.80. The van der Waals surface area contributed by atoms with Gasteiger partial charge in [-0.25, -0.2) is 4.98 Å². The zero-order valence-electron chi connectivity index (χ0n) is 11.6. The van der Waals surface area contributed by atoms with E-state index >= 15 is 0 Å². The average Bonchev–Trinajstić information content (AvgIpc) is 2.71. The van der Waals surface area contributed by atoms with Crippen molar-refractivity contribution in [2.24, 2.45) is 0 Å². The largest absolute Gasteiger partial charge is 0.490 e. The molecule has 3 N–H and O–H groups in total. The Hall–Kier alpha value is -2.15. The number of ether oxygens (including phenoxy) is 2. The molecule has 1 aliphatic rings. The Labute approximate surface area is 127 Å². The van der Waals surface area contributed by atoms with Crippen molar-refractivity contribution in [2.45, 2.75) is 16.3 Å². The highest BCUT2D eigenvalue weighted by molar-refractivity contribution is 7.99. The quantitative estimate of drug-likeness (QED) is 0.843. The van der Waals surface area contributed by atoms with Gasteiger partial charge in [0.15, 0.2) is 11.5 Å². The molecule has 0 radical (unpaired) electrons. The van der Waals surface area contributed by atoms with Gasteiger partial charge in [-0.2, -0.15) is 4.98 Å². The Kier molecular flexibility index (Phi) is 4.01. The van der Waals surface area contributed by atoms with Gasteiger partial charge in [-0.15, -0.1) is 0 Å². The molecule has 1 aliphatic heterocycles. The normalized spacial score (nSPS) is 13.6. The van der Waals surface area contributed by atoms with Gasteiger partial charge in [0.25, 0.3) is 0 Å². The predicted octanol–water partition coefficient (Wildman–Crippen LogP) is 2.41. The summed E-state index contributed by atoms with van der Waals surface area (Å²) in [6.07, 6.45) is 0.894. The molecule has 0 unspecified atom stereocenters. The Bertz CT molecular complexity index is 651. The lowest BCUT2D eigenvalue weighted by molar-refractivity contribution is 0.297. The summed E-state index contributed by atoms with van der Waals surface area (Å²) < 4.78 is 11.3. The molecule has 2 heterocycles. The van der Waals surface area contributed by atoms with E-state index in [4.69, 9.17) is 15.2 Å². The van der Waals surface area contributed by atoms with Gasteiger partial charge in [0.2, 0.25) is 5.95 Å². The zero-order chi connectivity index (χ0) is 14.7. The number of benzene rings is 1. The van der Waals surface area contributed by atoms with Crippen LogP contribution in [0.3, 0.4) is 0 Å². The lowest BCUT2D eigenvalue weighted by Crippen LogP contribution is -2.00. The van der Waals surface area contributed by atoms with Crippen molar-refractivity contribution in [1.82, 2.24) is 9.97 Å². The number of rotatable bonds is 3. The third-order valence-corrected chi connectivity index (χ3v) is 3.83. The summed E-state index contributed by atoms with van der Waals surface area (Å²) in [5, 5.41) is 3.74. The van der Waals surface area contributed by atoms with Crippen molar-refractivity contribution in [1.29, 1.82) is 0 Å². The topological polar surface area (TPSA) is 82.3 Å². The minimum absolute atomic E-state index is 0.249. The van der Waals surface area contributed by atoms with Gasteiger partial charge in [0, 0.05) is 24.4 Å². The van der Waals surface area contributed by atoms with E-state index in [0.29, 0.717) is 19.0 Å². The van der Waals surface area contributed by atoms with Crippen molar-refractivity contribution in [3.05, 3.63) is 24.3 Å². The molecule has 1 aromatic heterocycles. The maximum atomic E-state index is 5.70. The number of nitrogens with two attached hydrogens (primary N) is 1. The molecule has 21 heavy (non-hydrogen) atoms. The molecule has 0 amide bonds. The van der Waals surface area contributed by atoms with Crippen molar-refractivity contribution in [3.8, 4) is 11.5 Å². The molecule has 1 aromatic carbocycles. The van der Waals surface area contributed by atoms with Gasteiger partial charge in [0.05, 0.1) is 13.2 Å². The smallest absolute Gasteiger partial charge is 0.223 e. The van der Waals surface area contributed by atoms with Gasteiger partial charge in [0.1, 0.15) is 10.8 Å². The summed E-state index contributed by atoms with van der Waals surface area (Å²) in [4.78, 5) is 9.31. The highest BCUT2D eigenvalue weighted by atomic mass is 32.2. The monoisotopic (exact) mass is 304 g/mol. The highest BCUT2D eigenvalue weighted by Crippen LogP contribution is 2.36. The molecule has 0 atom stereocenters. The van der Waals surface area contributed by atoms with E-state index < -0.39 is 0 Å². The van der Waals surface area contributed by atoms with Crippen LogP contribution in [0.25, 0.3) is 0 Å². The summed E-state index contributed by atoms with van der Waals surface area (Å²) in [6, 6.07) is 7.72. The van der Waals surface area contributed by atoms with Crippen LogP contribution in [0, 0.1) is 0 Å². The fourth-order valence-electron chi connectivity index (χ4n) is 1.95. The van der Waals surface area contributed by atoms with Gasteiger partial charge in [-0.05, 0) is 18.2 Å². The van der Waals surface area contributed by atoms with Crippen LogP contribution in [0.4, 0.5) is 11.8 Å². The SMILES string of the molecule is CNc1cc(Sc2ccc3c(c2)OCCCO3)nc(N)n1. The second-order valence-corrected chi connectivity index (χ2v) is 5.55. The minimum atomic E-state index is 0.249. The number of anilines is 2. The number of nitrogens with zero attached hydrogens (tertiary/aromatic N) is 2. The first kappa shape index (κ1) is 13.8. The van der Waals surface area contributed by atoms with Gasteiger partial charge < -0.3 is 20.5 Å². The Morgan fingerprint density at radius 1 is 1.14 bits per heavy atom. The second-order valence-electron chi connectivity index (χ2n) is 4.46. The van der Waals surface area contributed by atoms with Crippen LogP contribution >= 0.6 is 11.8 Å². The first-order chi connectivity index (χ1) is 10.2. The zero-order valence-corrected chi connectivity index (χ0v) is 12.4. The standard InChI is InChI=1S/C14H16N4O2S/c1-16-12-8-13(18-14(15)17-12)21-9-3-4-10-11(7-9)20-6-2-5-19-10/h3-4,7-8H,2,5-6H2,1H3,(H3,15,16,17,18). The maximum absolute atomic E-state index is 5.70. The van der Waals surface area contributed by atoms with E-state index in [-0.39, 0.29) is 5.95 Å². The number of hydrogen-bond donors (Lipinski definition) is 2. The highest BCUT2D eigenvalue weighted by Gasteiger charge is 2.12. The molecule has 7 heteroatoms. The van der Waals surface area contributed by atoms with E-state index in [2.05, 4.69) is 15.3 Å². The van der Waals surface area contributed by atoms with Crippen LogP contribution in [0.5, 0.6) is 11.5 Å². The third-order valence-electron chi connectivity index (χ3n) is 2.92. The Morgan fingerprint density at radius 3 is 2.76 bits per heavy atom. The van der Waals surface area contributed by atoms with Crippen molar-refractivity contribution in [2.75, 3.05) is 31.3 Å². The molecule has 0 fully saturated rings. The Morgan fingerprint density at radius 2 is 1.95 bits per heavy atom. The van der Waals surface area contributed by atoms with Crippen molar-refractivity contribution >= 4 is 23.5 Å². The van der Waals surface area contributed by atoms with Crippen LogP contribution in [0.1, 0.15) is 6.42 Å². The fourth-order valence-corrected chi connectivity index (χ4v) is 2.80. The number of nitrogens with one attached hydrogen (secondary N) is 1. The summed E-state index contributed by atoms with van der Waals surface area (Å²) in [5.41, 5.74) is 5.70. The third kappa shape index (κ3) is 3.30. The van der Waals surface area contributed by atoms with E-state index in [0.717, 1.165) is 27.8 Å². The van der Waals surface area contributed by atoms with Crippen molar-refractivity contribution in [3.63, 3.8) is 0 Å². The number of hydrogen-bond acceptors (Lipinski definition) is 7. The summed E-state index contributed by atoms with van der Waals surface area (Å²) in [5.74, 6) is 2.50. The first-order valence-corrected chi connectivity index (χ1v) is 7.46. The van der Waals surface area contributed by atoms with Crippen LogP contribution in [-0.4, -0.2) is 30.2 Å². The maximum Gasteiger partial charge on any atom is 0.223 e. The first-order valence-electron chi connectivity index (χ1n) is 6.64. The molecular weight excluding hydrogens is 288 g/mol. The summed E-state index contributed by atoms with van der Waals surface area (Å²) in [6.45, 7) is 1.36. The lowest BCUT2D eigenvalue weighted by atomic mass is 10.3. The minimum Gasteiger partial charge on any atom is -0.490 e. The molecule has 6 nitrogen and oxygen atoms in total. The molecule has 0 saturated carbocycles. The van der Waals surface area contributed by atoms with E-state index in [1.54, 1.807) is 7.05 Å². The van der Waals surface area contributed by atoms with E-state index in [1.165, 1.54) is 11.8 Å². The molecular formula is C14H16N4O2S. The van der Waals surface area contributed by atoms with Crippen LogP contribution in [-0.2, 0) is 0 Å². The number of nitrogen functional groups attached to an aromatic ring is 1. The molecule has 0 bridgehead atoms. The molecule has 0 saturated heterocycles. The van der Waals surface area contributed by atoms with Gasteiger partial charge in [-0.1, -0.05) is 11.8 Å². The fraction of sp³-hybridized carbons (Fsp3) is 0.286. The molecule has 0 spiro atoms. The second kappa shape index (κ2) is 6.09. The molecule has 110 valence electrons. The number of fused-ring (bicyclic) bond motifs is 1. The van der Waals surface area contributed by atoms with E-state index in [9.17, 15) is 0 Å². The molecule has 0 aliphatic carbocycles. The summed E-state index contributed by atoms with van der Waals surface area (Å²) >= 11 is 1.50. The van der Waals surface area contributed by atoms with Gasteiger partial charge in [-0.3, -0.25) is 0 Å². The van der Waals surface area contributed by atoms with Crippen molar-refractivity contribution < 1.29 is 9.47 Å². The lowest BCUT2D eigenvalue weighted by Gasteiger charge is -2.09. The predicted molar refractivity (Wildman–Crippen MR) is 82.2 cm³/mol. The van der Waals surface area contributed by atoms with Crippen LogP contribution in [0.15, 0.2) is 34.2 Å². The van der Waals surface area contributed by atoms with Crippen LogP contribution < -0.4 is 20.5 Å². The molecule has 3 rings (SSSR count).